The van der Waals surface area contributed by atoms with Gasteiger partial charge in [-0.1, -0.05) is 0 Å². The summed E-state index contributed by atoms with van der Waals surface area (Å²) in [6.07, 6.45) is 2.39. The van der Waals surface area contributed by atoms with Crippen LogP contribution in [0.25, 0.3) is 0 Å². The number of fused-ring (bicyclic) bond motifs is 1. The van der Waals surface area contributed by atoms with Gasteiger partial charge in [0, 0.05) is 11.8 Å². The van der Waals surface area contributed by atoms with Crippen molar-refractivity contribution >= 4 is 11.5 Å². The topological polar surface area (TPSA) is 56.3 Å². The molecule has 1 N–H and O–H groups in total. The molecule has 0 saturated carbocycles. The second kappa shape index (κ2) is 4.48. The lowest BCUT2D eigenvalue weighted by Crippen LogP contribution is -2.15. The number of nitrogens with zero attached hydrogens (tertiary/aromatic N) is 2. The Balaban J connectivity index is 1.87. The van der Waals surface area contributed by atoms with Crippen molar-refractivity contribution in [1.82, 2.24) is 9.97 Å². The lowest BCUT2D eigenvalue weighted by Gasteiger charge is -2.19. The Morgan fingerprint density at radius 2 is 2.00 bits per heavy atom. The van der Waals surface area contributed by atoms with E-state index in [4.69, 9.17) is 9.47 Å². The molecule has 1 aromatic carbocycles. The molecule has 92 valence electrons. The van der Waals surface area contributed by atoms with Crippen molar-refractivity contribution in [2.45, 2.75) is 0 Å². The number of hydrogen-bond acceptors (Lipinski definition) is 5. The summed E-state index contributed by atoms with van der Waals surface area (Å²) >= 11 is 0. The first-order chi connectivity index (χ1) is 8.83. The van der Waals surface area contributed by atoms with E-state index >= 15 is 0 Å². The molecule has 0 radical (unpaired) electrons. The van der Waals surface area contributed by atoms with Gasteiger partial charge in [-0.3, -0.25) is 0 Å². The zero-order valence-corrected chi connectivity index (χ0v) is 9.39. The lowest BCUT2D eigenvalue weighted by atomic mass is 10.2. The van der Waals surface area contributed by atoms with E-state index in [1.54, 1.807) is 18.2 Å². The molecule has 1 aliphatic heterocycles. The van der Waals surface area contributed by atoms with Gasteiger partial charge >= 0.3 is 0 Å². The molecule has 2 heterocycles. The fourth-order valence-electron chi connectivity index (χ4n) is 1.66. The molecule has 1 aliphatic rings. The van der Waals surface area contributed by atoms with Crippen molar-refractivity contribution in [1.29, 1.82) is 0 Å². The molecule has 2 aromatic rings. The number of ether oxygens (including phenoxy) is 2. The van der Waals surface area contributed by atoms with Crippen LogP contribution in [0, 0.1) is 5.82 Å². The summed E-state index contributed by atoms with van der Waals surface area (Å²) in [6, 6.07) is 5.29. The fraction of sp³-hybridized carbons (Fsp3) is 0.167. The van der Waals surface area contributed by atoms with Crippen molar-refractivity contribution in [2.75, 3.05) is 18.5 Å². The third-order valence-corrected chi connectivity index (χ3v) is 2.47. The molecular weight excluding hydrogens is 237 g/mol. The van der Waals surface area contributed by atoms with Crippen LogP contribution in [0.2, 0.25) is 0 Å². The molecule has 0 saturated heterocycles. The third kappa shape index (κ3) is 2.04. The van der Waals surface area contributed by atoms with Gasteiger partial charge in [0.2, 0.25) is 0 Å². The smallest absolute Gasteiger partial charge is 0.184 e. The second-order valence-corrected chi connectivity index (χ2v) is 3.70. The van der Waals surface area contributed by atoms with E-state index in [1.807, 2.05) is 0 Å². The zero-order chi connectivity index (χ0) is 12.4. The van der Waals surface area contributed by atoms with Gasteiger partial charge in [-0.25, -0.2) is 14.4 Å². The third-order valence-electron chi connectivity index (χ3n) is 2.47. The number of halogens is 1. The Hall–Kier alpha value is -2.37. The minimum atomic E-state index is -0.507. The average Bonchev–Trinajstić information content (AvgIpc) is 2.41. The van der Waals surface area contributed by atoms with Crippen LogP contribution >= 0.6 is 0 Å². The minimum absolute atomic E-state index is 0.127. The number of aromatic nitrogens is 2. The Bertz CT molecular complexity index is 577. The maximum absolute atomic E-state index is 13.4. The van der Waals surface area contributed by atoms with Gasteiger partial charge in [-0.05, 0) is 12.1 Å². The van der Waals surface area contributed by atoms with Crippen LogP contribution in [0.1, 0.15) is 0 Å². The SMILES string of the molecule is Fc1cncnc1Nc1ccc2c(c1)OCCO2. The van der Waals surface area contributed by atoms with Crippen LogP contribution in [-0.2, 0) is 0 Å². The lowest BCUT2D eigenvalue weighted by molar-refractivity contribution is 0.171. The van der Waals surface area contributed by atoms with E-state index < -0.39 is 5.82 Å². The van der Waals surface area contributed by atoms with E-state index in [-0.39, 0.29) is 5.82 Å². The summed E-state index contributed by atoms with van der Waals surface area (Å²) in [5.41, 5.74) is 0.678. The Labute approximate surface area is 103 Å². The number of hydrogen-bond donors (Lipinski definition) is 1. The van der Waals surface area contributed by atoms with Crippen molar-refractivity contribution in [3.8, 4) is 11.5 Å². The van der Waals surface area contributed by atoms with Gasteiger partial charge in [0.1, 0.15) is 19.5 Å². The van der Waals surface area contributed by atoms with Crippen molar-refractivity contribution < 1.29 is 13.9 Å². The van der Waals surface area contributed by atoms with Crippen LogP contribution < -0.4 is 14.8 Å². The van der Waals surface area contributed by atoms with E-state index in [0.29, 0.717) is 30.4 Å². The molecule has 0 fully saturated rings. The maximum atomic E-state index is 13.4. The van der Waals surface area contributed by atoms with Crippen molar-refractivity contribution in [2.24, 2.45) is 0 Å². The minimum Gasteiger partial charge on any atom is -0.486 e. The summed E-state index contributed by atoms with van der Waals surface area (Å²) in [7, 11) is 0. The maximum Gasteiger partial charge on any atom is 0.184 e. The van der Waals surface area contributed by atoms with Gasteiger partial charge in [0.05, 0.1) is 6.20 Å². The predicted octanol–water partition coefficient (Wildman–Crippen LogP) is 2.13. The number of anilines is 2. The second-order valence-electron chi connectivity index (χ2n) is 3.70. The number of benzene rings is 1. The first-order valence-corrected chi connectivity index (χ1v) is 5.45. The molecule has 3 rings (SSSR count). The summed E-state index contributed by atoms with van der Waals surface area (Å²) in [6.45, 7) is 1.05. The molecule has 0 unspecified atom stereocenters. The van der Waals surface area contributed by atoms with Gasteiger partial charge in [-0.15, -0.1) is 0 Å². The van der Waals surface area contributed by atoms with Crippen LogP contribution in [0.4, 0.5) is 15.9 Å². The van der Waals surface area contributed by atoms with E-state index in [2.05, 4.69) is 15.3 Å². The molecule has 0 bridgehead atoms. The highest BCUT2D eigenvalue weighted by Crippen LogP contribution is 2.33. The first-order valence-electron chi connectivity index (χ1n) is 5.45. The molecule has 5 nitrogen and oxygen atoms in total. The highest BCUT2D eigenvalue weighted by Gasteiger charge is 2.12. The molecule has 0 aliphatic carbocycles. The van der Waals surface area contributed by atoms with Gasteiger partial charge in [0.15, 0.2) is 23.1 Å². The number of nitrogens with one attached hydrogen (secondary N) is 1. The van der Waals surface area contributed by atoms with E-state index in [9.17, 15) is 4.39 Å². The first kappa shape index (κ1) is 10.8. The predicted molar refractivity (Wildman–Crippen MR) is 62.7 cm³/mol. The number of rotatable bonds is 2. The average molecular weight is 247 g/mol. The van der Waals surface area contributed by atoms with E-state index in [0.717, 1.165) is 6.20 Å². The molecule has 0 amide bonds. The van der Waals surface area contributed by atoms with E-state index in [1.165, 1.54) is 6.33 Å². The Morgan fingerprint density at radius 3 is 2.83 bits per heavy atom. The highest BCUT2D eigenvalue weighted by atomic mass is 19.1. The van der Waals surface area contributed by atoms with Gasteiger partial charge in [0.25, 0.3) is 0 Å². The van der Waals surface area contributed by atoms with Crippen LogP contribution in [0.15, 0.2) is 30.7 Å². The summed E-state index contributed by atoms with van der Waals surface area (Å²) in [4.78, 5) is 7.40. The standard InChI is InChI=1S/C12H10FN3O2/c13-9-6-14-7-15-12(9)16-8-1-2-10-11(5-8)18-4-3-17-10/h1-2,5-7H,3-4H2,(H,14,15,16). The normalized spacial score (nSPS) is 13.2. The fourth-order valence-corrected chi connectivity index (χ4v) is 1.66. The molecular formula is C12H10FN3O2. The van der Waals surface area contributed by atoms with Crippen molar-refractivity contribution in [3.63, 3.8) is 0 Å². The van der Waals surface area contributed by atoms with Crippen LogP contribution in [0.3, 0.4) is 0 Å². The molecule has 6 heteroatoms. The van der Waals surface area contributed by atoms with Crippen LogP contribution in [-0.4, -0.2) is 23.2 Å². The monoisotopic (exact) mass is 247 g/mol. The van der Waals surface area contributed by atoms with Gasteiger partial charge < -0.3 is 14.8 Å². The highest BCUT2D eigenvalue weighted by molar-refractivity contribution is 5.61. The van der Waals surface area contributed by atoms with Crippen molar-refractivity contribution in [3.05, 3.63) is 36.5 Å². The quantitative estimate of drug-likeness (QED) is 0.881. The summed E-state index contributed by atoms with van der Waals surface area (Å²) in [5.74, 6) is 0.949. The molecule has 0 atom stereocenters. The summed E-state index contributed by atoms with van der Waals surface area (Å²) in [5, 5.41) is 2.86. The van der Waals surface area contributed by atoms with Crippen LogP contribution in [0.5, 0.6) is 11.5 Å². The Kier molecular flexibility index (Phi) is 2.68. The largest absolute Gasteiger partial charge is 0.486 e. The summed E-state index contributed by atoms with van der Waals surface area (Å²) < 4.78 is 24.2. The Morgan fingerprint density at radius 1 is 1.17 bits per heavy atom. The molecule has 18 heavy (non-hydrogen) atoms. The molecule has 0 spiro atoms. The van der Waals surface area contributed by atoms with Gasteiger partial charge in [-0.2, -0.15) is 0 Å². The zero-order valence-electron chi connectivity index (χ0n) is 9.39. The molecule has 1 aromatic heterocycles.